The summed E-state index contributed by atoms with van der Waals surface area (Å²) >= 11 is 0. The van der Waals surface area contributed by atoms with E-state index in [4.69, 9.17) is 9.47 Å². The van der Waals surface area contributed by atoms with Crippen LogP contribution in [-0.2, 0) is 16.1 Å². The zero-order valence-electron chi connectivity index (χ0n) is 15.9. The van der Waals surface area contributed by atoms with Crippen molar-refractivity contribution in [3.05, 3.63) is 23.9 Å². The fourth-order valence-corrected chi connectivity index (χ4v) is 4.67. The number of aliphatic carboxylic acids is 1. The molecule has 3 aliphatic rings. The van der Waals surface area contributed by atoms with Gasteiger partial charge in [-0.15, -0.1) is 0 Å². The van der Waals surface area contributed by atoms with Gasteiger partial charge < -0.3 is 24.8 Å². The summed E-state index contributed by atoms with van der Waals surface area (Å²) in [6.07, 6.45) is 5.97. The Hall–Kier alpha value is -2.35. The van der Waals surface area contributed by atoms with Gasteiger partial charge in [-0.25, -0.2) is 9.78 Å². The summed E-state index contributed by atoms with van der Waals surface area (Å²) in [5.41, 5.74) is 0.149. The van der Waals surface area contributed by atoms with E-state index in [1.54, 1.807) is 11.1 Å². The number of nitrogens with zero attached hydrogens (tertiary/aromatic N) is 2. The zero-order chi connectivity index (χ0) is 19.6. The van der Waals surface area contributed by atoms with Crippen LogP contribution in [0.1, 0.15) is 37.7 Å². The monoisotopic (exact) mass is 389 g/mol. The van der Waals surface area contributed by atoms with E-state index < -0.39 is 11.4 Å². The van der Waals surface area contributed by atoms with Crippen molar-refractivity contribution in [1.29, 1.82) is 0 Å². The molecule has 2 saturated heterocycles. The van der Waals surface area contributed by atoms with Crippen LogP contribution in [-0.4, -0.2) is 59.4 Å². The fraction of sp³-hybridized carbons (Fsp3) is 0.650. The third-order valence-electron chi connectivity index (χ3n) is 6.28. The largest absolute Gasteiger partial charge is 0.481 e. The van der Waals surface area contributed by atoms with E-state index in [1.165, 1.54) is 0 Å². The summed E-state index contributed by atoms with van der Waals surface area (Å²) in [5.74, 6) is -0.148. The van der Waals surface area contributed by atoms with E-state index >= 15 is 0 Å². The highest BCUT2D eigenvalue weighted by atomic mass is 16.5. The Labute approximate surface area is 164 Å². The van der Waals surface area contributed by atoms with Crippen molar-refractivity contribution in [2.24, 2.45) is 11.3 Å². The first-order valence-electron chi connectivity index (χ1n) is 10.0. The van der Waals surface area contributed by atoms with Crippen LogP contribution in [0, 0.1) is 11.3 Å². The molecule has 152 valence electrons. The second-order valence-corrected chi connectivity index (χ2v) is 8.02. The summed E-state index contributed by atoms with van der Waals surface area (Å²) in [6, 6.07) is 3.47. The van der Waals surface area contributed by atoms with Gasteiger partial charge in [-0.1, -0.05) is 6.42 Å². The third kappa shape index (κ3) is 3.78. The lowest BCUT2D eigenvalue weighted by Crippen LogP contribution is -2.41. The summed E-state index contributed by atoms with van der Waals surface area (Å²) < 4.78 is 11.2. The number of aromatic nitrogens is 1. The molecule has 1 aromatic heterocycles. The lowest BCUT2D eigenvalue weighted by atomic mass is 9.81. The fourth-order valence-electron chi connectivity index (χ4n) is 4.67. The number of carbonyl (C=O) groups excluding carboxylic acids is 1. The number of carboxylic acid groups (broad SMARTS) is 1. The van der Waals surface area contributed by atoms with Crippen LogP contribution in [0.25, 0.3) is 0 Å². The highest BCUT2D eigenvalue weighted by molar-refractivity contribution is 5.80. The van der Waals surface area contributed by atoms with Gasteiger partial charge in [-0.3, -0.25) is 4.79 Å². The third-order valence-corrected chi connectivity index (χ3v) is 6.28. The number of ether oxygens (including phenoxy) is 2. The minimum absolute atomic E-state index is 0.0659. The maximum Gasteiger partial charge on any atom is 0.317 e. The molecule has 4 rings (SSSR count). The molecule has 28 heavy (non-hydrogen) atoms. The Balaban J connectivity index is 1.31. The van der Waals surface area contributed by atoms with Crippen molar-refractivity contribution in [1.82, 2.24) is 15.2 Å². The smallest absolute Gasteiger partial charge is 0.317 e. The number of fused-ring (bicyclic) bond motifs is 1. The quantitative estimate of drug-likeness (QED) is 0.799. The molecule has 1 saturated carbocycles. The molecule has 2 amide bonds. The van der Waals surface area contributed by atoms with Gasteiger partial charge in [0.05, 0.1) is 18.6 Å². The van der Waals surface area contributed by atoms with Crippen LogP contribution in [0.4, 0.5) is 4.79 Å². The molecule has 0 bridgehead atoms. The Morgan fingerprint density at radius 3 is 2.93 bits per heavy atom. The van der Waals surface area contributed by atoms with Gasteiger partial charge in [0.15, 0.2) is 0 Å². The molecule has 0 spiro atoms. The molecule has 1 aromatic rings. The average molecular weight is 389 g/mol. The number of likely N-dealkylation sites (tertiary alicyclic amines) is 1. The van der Waals surface area contributed by atoms with Gasteiger partial charge in [0.25, 0.3) is 0 Å². The lowest BCUT2D eigenvalue weighted by molar-refractivity contribution is -0.149. The molecule has 3 fully saturated rings. The number of urea groups is 1. The minimum Gasteiger partial charge on any atom is -0.481 e. The lowest BCUT2D eigenvalue weighted by Gasteiger charge is -2.23. The highest BCUT2D eigenvalue weighted by Crippen LogP contribution is 2.48. The number of carbonyl (C=O) groups is 2. The second-order valence-electron chi connectivity index (χ2n) is 8.02. The van der Waals surface area contributed by atoms with Crippen LogP contribution in [0.15, 0.2) is 18.3 Å². The van der Waals surface area contributed by atoms with Crippen LogP contribution < -0.4 is 10.1 Å². The molecule has 0 radical (unpaired) electrons. The van der Waals surface area contributed by atoms with Crippen molar-refractivity contribution in [2.75, 3.05) is 26.3 Å². The Bertz CT molecular complexity index is 736. The molecule has 2 N–H and O–H groups in total. The zero-order valence-corrected chi connectivity index (χ0v) is 15.9. The van der Waals surface area contributed by atoms with E-state index in [0.29, 0.717) is 45.1 Å². The molecule has 8 nitrogen and oxygen atoms in total. The number of nitrogens with one attached hydrogen (secondary N) is 1. The minimum atomic E-state index is -0.769. The molecular weight excluding hydrogens is 362 g/mol. The van der Waals surface area contributed by atoms with Gasteiger partial charge in [0, 0.05) is 44.7 Å². The Morgan fingerprint density at radius 1 is 1.36 bits per heavy atom. The standard InChI is InChI=1S/C20H27N3O5/c24-18(25)20-6-1-2-15(20)12-23(13-20)19(26)22-11-14-3-7-21-17(10-14)28-16-4-8-27-9-5-16/h3,7,10,15-16H,1-2,4-6,8-9,11-13H2,(H,22,26)(H,24,25)/t15-,20+/m0/s1. The number of carboxylic acids is 1. The number of pyridine rings is 1. The summed E-state index contributed by atoms with van der Waals surface area (Å²) in [7, 11) is 0. The first kappa shape index (κ1) is 19.0. The molecule has 1 aliphatic carbocycles. The first-order chi connectivity index (χ1) is 13.6. The molecule has 2 aliphatic heterocycles. The van der Waals surface area contributed by atoms with Crippen molar-refractivity contribution < 1.29 is 24.2 Å². The Kier molecular flexibility index (Phi) is 5.39. The molecule has 2 atom stereocenters. The number of hydrogen-bond donors (Lipinski definition) is 2. The summed E-state index contributed by atoms with van der Waals surface area (Å²) in [4.78, 5) is 30.2. The predicted molar refractivity (Wildman–Crippen MR) is 99.9 cm³/mol. The molecule has 3 heterocycles. The van der Waals surface area contributed by atoms with Gasteiger partial charge in [0.2, 0.25) is 5.88 Å². The normalized spacial score (nSPS) is 27.4. The number of hydrogen-bond acceptors (Lipinski definition) is 5. The first-order valence-corrected chi connectivity index (χ1v) is 10.0. The average Bonchev–Trinajstić information content (AvgIpc) is 3.26. The predicted octanol–water partition coefficient (Wildman–Crippen LogP) is 2.04. The maximum atomic E-state index is 12.6. The Morgan fingerprint density at radius 2 is 2.18 bits per heavy atom. The topological polar surface area (TPSA) is 101 Å². The molecule has 0 aromatic carbocycles. The van der Waals surface area contributed by atoms with E-state index in [-0.39, 0.29) is 18.1 Å². The van der Waals surface area contributed by atoms with E-state index in [9.17, 15) is 14.7 Å². The number of amides is 2. The van der Waals surface area contributed by atoms with E-state index in [2.05, 4.69) is 10.3 Å². The van der Waals surface area contributed by atoms with Gasteiger partial charge >= 0.3 is 12.0 Å². The highest BCUT2D eigenvalue weighted by Gasteiger charge is 2.55. The maximum absolute atomic E-state index is 12.6. The molecule has 8 heteroatoms. The van der Waals surface area contributed by atoms with Crippen LogP contribution in [0.2, 0.25) is 0 Å². The second kappa shape index (κ2) is 7.95. The van der Waals surface area contributed by atoms with E-state index in [1.807, 2.05) is 12.1 Å². The summed E-state index contributed by atoms with van der Waals surface area (Å²) in [6.45, 7) is 2.58. The SMILES string of the molecule is O=C(NCc1ccnc(OC2CCOCC2)c1)N1C[C@@H]2CCC[C@@]2(C(=O)O)C1. The van der Waals surface area contributed by atoms with Crippen molar-refractivity contribution in [3.8, 4) is 5.88 Å². The summed E-state index contributed by atoms with van der Waals surface area (Å²) in [5, 5.41) is 12.6. The van der Waals surface area contributed by atoms with Crippen LogP contribution >= 0.6 is 0 Å². The molecular formula is C20H27N3O5. The van der Waals surface area contributed by atoms with Crippen molar-refractivity contribution >= 4 is 12.0 Å². The van der Waals surface area contributed by atoms with Crippen molar-refractivity contribution in [2.45, 2.75) is 44.8 Å². The number of rotatable bonds is 5. The van der Waals surface area contributed by atoms with Gasteiger partial charge in [-0.2, -0.15) is 0 Å². The van der Waals surface area contributed by atoms with Crippen LogP contribution in [0.3, 0.4) is 0 Å². The van der Waals surface area contributed by atoms with Gasteiger partial charge in [-0.05, 0) is 30.4 Å². The van der Waals surface area contributed by atoms with E-state index in [0.717, 1.165) is 31.2 Å². The van der Waals surface area contributed by atoms with Gasteiger partial charge in [0.1, 0.15) is 6.10 Å². The van der Waals surface area contributed by atoms with Crippen molar-refractivity contribution in [3.63, 3.8) is 0 Å². The van der Waals surface area contributed by atoms with Crippen LogP contribution in [0.5, 0.6) is 5.88 Å². The molecule has 0 unspecified atom stereocenters.